The molecule has 1 aliphatic heterocycles. The molecule has 0 saturated heterocycles. The zero-order valence-electron chi connectivity index (χ0n) is 25.4. The first-order chi connectivity index (χ1) is 19.0. The summed E-state index contributed by atoms with van der Waals surface area (Å²) in [4.78, 5) is 40.1. The van der Waals surface area contributed by atoms with Crippen molar-refractivity contribution >= 4 is 34.9 Å². The Morgan fingerprint density at radius 2 is 1.76 bits per heavy atom. The molecule has 0 bridgehead atoms. The van der Waals surface area contributed by atoms with Gasteiger partial charge in [0.2, 0.25) is 0 Å². The normalized spacial score (nSPS) is 20.0. The van der Waals surface area contributed by atoms with Crippen molar-refractivity contribution in [2.45, 2.75) is 72.6 Å². The van der Waals surface area contributed by atoms with Crippen LogP contribution in [-0.4, -0.2) is 56.7 Å². The summed E-state index contributed by atoms with van der Waals surface area (Å²) in [5, 5.41) is 0.440. The highest BCUT2D eigenvalue weighted by Crippen LogP contribution is 2.46. The number of hydrogen-bond acceptors (Lipinski definition) is 8. The van der Waals surface area contributed by atoms with Crippen LogP contribution < -0.4 is 19.5 Å². The Bertz CT molecular complexity index is 1300. The van der Waals surface area contributed by atoms with Crippen molar-refractivity contribution in [1.82, 2.24) is 10.0 Å². The van der Waals surface area contributed by atoms with E-state index < -0.39 is 33.7 Å². The van der Waals surface area contributed by atoms with Crippen molar-refractivity contribution in [2.75, 3.05) is 27.4 Å². The smallest absolute Gasteiger partial charge is 0.363 e. The predicted molar refractivity (Wildman–Crippen MR) is 158 cm³/mol. The molecule has 10 heteroatoms. The SMILES string of the molecule is COc1cccc([C@@H]2OCC(=O)[N+](CC(C)(C)C)(N[C@@H](CC(C)=O)C(=O)OC(C)(C)C)c3ccc(Cl)cc32)c1OC. The summed E-state index contributed by atoms with van der Waals surface area (Å²) in [5.41, 5.74) is 3.86. The van der Waals surface area contributed by atoms with E-state index in [0.29, 0.717) is 33.3 Å². The van der Waals surface area contributed by atoms with Gasteiger partial charge in [0.15, 0.2) is 29.8 Å². The Hall–Kier alpha value is -2.98. The molecule has 0 fully saturated rings. The first-order valence-corrected chi connectivity index (χ1v) is 13.9. The molecule has 2 aromatic carbocycles. The molecule has 9 nitrogen and oxygen atoms in total. The van der Waals surface area contributed by atoms with E-state index in [1.54, 1.807) is 52.1 Å². The summed E-state index contributed by atoms with van der Waals surface area (Å²) in [6.45, 7) is 12.6. The predicted octanol–water partition coefficient (Wildman–Crippen LogP) is 5.55. The minimum atomic E-state index is -1.11. The second-order valence-electron chi connectivity index (χ2n) is 12.5. The second kappa shape index (κ2) is 12.5. The number of quaternary nitrogens is 1. The van der Waals surface area contributed by atoms with Crippen LogP contribution in [0.4, 0.5) is 5.69 Å². The van der Waals surface area contributed by atoms with Crippen molar-refractivity contribution in [3.8, 4) is 11.5 Å². The standard InChI is InChI=1S/C31H42ClN2O7/c1-19(35)15-23(29(37)41-31(5,6)7)33-34(18-30(2,3)4)24-14-13-20(32)16-22(24)27(40-17-26(34)36)21-11-10-12-25(38-8)28(21)39-9/h10-14,16,23,27,33H,15,17-18H2,1-9H3/q+1/t23-,27-,34?/m0/s1. The molecule has 1 unspecified atom stereocenters. The monoisotopic (exact) mass is 589 g/mol. The topological polar surface area (TPSA) is 100 Å². The number of hydrogen-bond donors (Lipinski definition) is 1. The molecule has 0 radical (unpaired) electrons. The van der Waals surface area contributed by atoms with Gasteiger partial charge in [0, 0.05) is 28.5 Å². The van der Waals surface area contributed by atoms with Crippen LogP contribution in [0.5, 0.6) is 11.5 Å². The van der Waals surface area contributed by atoms with Gasteiger partial charge in [0.1, 0.15) is 24.0 Å². The molecular weight excluding hydrogens is 548 g/mol. The second-order valence-corrected chi connectivity index (χ2v) is 13.0. The maximum Gasteiger partial charge on any atom is 0.363 e. The van der Waals surface area contributed by atoms with Crippen LogP contribution in [0.25, 0.3) is 0 Å². The van der Waals surface area contributed by atoms with Gasteiger partial charge in [-0.1, -0.05) is 44.5 Å². The third-order valence-electron chi connectivity index (χ3n) is 6.47. The molecule has 0 aromatic heterocycles. The summed E-state index contributed by atoms with van der Waals surface area (Å²) in [7, 11) is 3.09. The molecule has 2 aromatic rings. The molecule has 3 atom stereocenters. The van der Waals surface area contributed by atoms with Gasteiger partial charge in [-0.15, -0.1) is 10.0 Å². The van der Waals surface area contributed by atoms with Crippen molar-refractivity contribution in [3.63, 3.8) is 0 Å². The average Bonchev–Trinajstić information content (AvgIpc) is 2.95. The lowest BCUT2D eigenvalue weighted by Gasteiger charge is -2.41. The number of nitrogens with one attached hydrogen (secondary N) is 1. The summed E-state index contributed by atoms with van der Waals surface area (Å²) >= 11 is 6.53. The molecule has 3 rings (SSSR count). The maximum absolute atomic E-state index is 14.3. The zero-order valence-corrected chi connectivity index (χ0v) is 26.2. The van der Waals surface area contributed by atoms with Crippen LogP contribution in [-0.2, 0) is 23.9 Å². The van der Waals surface area contributed by atoms with Gasteiger partial charge >= 0.3 is 11.9 Å². The Morgan fingerprint density at radius 1 is 1.07 bits per heavy atom. The van der Waals surface area contributed by atoms with Crippen LogP contribution in [0.3, 0.4) is 0 Å². The summed E-state index contributed by atoms with van der Waals surface area (Å²) in [6.07, 6.45) is -0.921. The number of methoxy groups -OCH3 is 2. The molecule has 41 heavy (non-hydrogen) atoms. The van der Waals surface area contributed by atoms with Gasteiger partial charge in [-0.3, -0.25) is 9.59 Å². The van der Waals surface area contributed by atoms with Crippen LogP contribution in [0.1, 0.15) is 72.1 Å². The van der Waals surface area contributed by atoms with E-state index >= 15 is 0 Å². The number of ketones is 1. The van der Waals surface area contributed by atoms with Gasteiger partial charge in [-0.25, -0.2) is 4.79 Å². The van der Waals surface area contributed by atoms with E-state index in [9.17, 15) is 14.4 Å². The minimum absolute atomic E-state index is 0.163. The zero-order chi connectivity index (χ0) is 30.8. The minimum Gasteiger partial charge on any atom is -0.493 e. The number of nitrogens with zero attached hydrogens (tertiary/aromatic N) is 1. The fourth-order valence-electron chi connectivity index (χ4n) is 5.13. The van der Waals surface area contributed by atoms with E-state index in [1.165, 1.54) is 14.0 Å². The van der Waals surface area contributed by atoms with Gasteiger partial charge in [-0.05, 0) is 45.9 Å². The van der Waals surface area contributed by atoms with Crippen molar-refractivity contribution in [3.05, 3.63) is 52.5 Å². The quantitative estimate of drug-likeness (QED) is 0.300. The van der Waals surface area contributed by atoms with Crippen LogP contribution >= 0.6 is 11.6 Å². The number of amides is 1. The maximum atomic E-state index is 14.3. The first-order valence-electron chi connectivity index (χ1n) is 13.6. The molecule has 224 valence electrons. The number of fused-ring (bicyclic) bond motifs is 1. The van der Waals surface area contributed by atoms with Crippen molar-refractivity contribution < 1.29 is 33.3 Å². The van der Waals surface area contributed by atoms with Gasteiger partial charge in [-0.2, -0.15) is 0 Å². The molecule has 1 N–H and O–H groups in total. The lowest BCUT2D eigenvalue weighted by atomic mass is 9.93. The third-order valence-corrected chi connectivity index (χ3v) is 6.70. The number of rotatable bonds is 9. The highest BCUT2D eigenvalue weighted by molar-refractivity contribution is 6.30. The molecule has 0 aliphatic carbocycles. The molecule has 0 saturated carbocycles. The van der Waals surface area contributed by atoms with E-state index in [4.69, 9.17) is 30.5 Å². The largest absolute Gasteiger partial charge is 0.493 e. The summed E-state index contributed by atoms with van der Waals surface area (Å²) < 4.78 is 22.8. The molecule has 1 heterocycles. The van der Waals surface area contributed by atoms with Crippen LogP contribution in [0, 0.1) is 5.41 Å². The van der Waals surface area contributed by atoms with E-state index in [-0.39, 0.29) is 31.3 Å². The van der Waals surface area contributed by atoms with E-state index in [2.05, 4.69) is 5.43 Å². The molecular formula is C31H42ClN2O7+. The highest BCUT2D eigenvalue weighted by atomic mass is 35.5. The number of Topliss-reactive ketones (excluding diaryl/α,β-unsaturated/α-hetero) is 1. The molecule has 1 aliphatic rings. The number of carbonyl (C=O) groups excluding carboxylic acids is 3. The van der Waals surface area contributed by atoms with Gasteiger partial charge < -0.3 is 18.9 Å². The Kier molecular flexibility index (Phi) is 9.91. The Morgan fingerprint density at radius 3 is 2.32 bits per heavy atom. The number of esters is 1. The number of carbonyl (C=O) groups is 3. The van der Waals surface area contributed by atoms with Crippen molar-refractivity contribution in [1.29, 1.82) is 0 Å². The Labute approximate surface area is 247 Å². The van der Waals surface area contributed by atoms with Gasteiger partial charge in [0.05, 0.1) is 19.8 Å². The van der Waals surface area contributed by atoms with E-state index in [0.717, 1.165) is 0 Å². The lowest BCUT2D eigenvalue weighted by Crippen LogP contribution is -2.71. The summed E-state index contributed by atoms with van der Waals surface area (Å²) in [5.74, 6) is -0.224. The van der Waals surface area contributed by atoms with E-state index in [1.807, 2.05) is 32.9 Å². The lowest BCUT2D eigenvalue weighted by molar-refractivity contribution is -0.161. The van der Waals surface area contributed by atoms with Gasteiger partial charge in [0.25, 0.3) is 0 Å². The fourth-order valence-corrected chi connectivity index (χ4v) is 5.31. The van der Waals surface area contributed by atoms with Crippen LogP contribution in [0.15, 0.2) is 36.4 Å². The fraction of sp³-hybridized carbons (Fsp3) is 0.516. The van der Waals surface area contributed by atoms with Crippen molar-refractivity contribution in [2.24, 2.45) is 5.41 Å². The number of halogens is 1. The number of benzene rings is 2. The van der Waals surface area contributed by atoms with Crippen LogP contribution in [0.2, 0.25) is 5.02 Å². The summed E-state index contributed by atoms with van der Waals surface area (Å²) in [6, 6.07) is 9.55. The number of para-hydroxylation sites is 1. The highest BCUT2D eigenvalue weighted by Gasteiger charge is 2.51. The third kappa shape index (κ3) is 7.65. The first kappa shape index (κ1) is 32.5. The molecule has 0 spiro atoms. The average molecular weight is 590 g/mol. The Balaban J connectivity index is 2.31. The molecule has 1 amide bonds. The number of ether oxygens (including phenoxy) is 4.